The number of hydrogen-bond donors (Lipinski definition) is 1. The summed E-state index contributed by atoms with van der Waals surface area (Å²) in [5.74, 6) is -0.377. The van der Waals surface area contributed by atoms with Crippen LogP contribution in [0.2, 0.25) is 0 Å². The Hall–Kier alpha value is -3.09. The number of hydrogen-bond acceptors (Lipinski definition) is 3. The number of anilines is 1. The lowest BCUT2D eigenvalue weighted by atomic mass is 10.0. The number of urea groups is 1. The zero-order valence-electron chi connectivity index (χ0n) is 15.2. The van der Waals surface area contributed by atoms with Gasteiger partial charge in [-0.25, -0.2) is 4.79 Å². The number of carbonyl (C=O) groups is 3. The van der Waals surface area contributed by atoms with Crippen molar-refractivity contribution in [3.8, 4) is 0 Å². The highest BCUT2D eigenvalue weighted by molar-refractivity contribution is 6.09. The fraction of sp³-hybridized carbons (Fsp3) is 0.350. The van der Waals surface area contributed by atoms with Gasteiger partial charge in [0.05, 0.1) is 17.3 Å². The normalized spacial score (nSPS) is 19.7. The van der Waals surface area contributed by atoms with Gasteiger partial charge in [0, 0.05) is 37.9 Å². The first-order valence-corrected chi connectivity index (χ1v) is 9.26. The molecular weight excluding hydrogens is 344 g/mol. The minimum absolute atomic E-state index is 0.00562. The summed E-state index contributed by atoms with van der Waals surface area (Å²) in [6.45, 7) is 3.72. The number of benzene rings is 1. The van der Waals surface area contributed by atoms with Crippen molar-refractivity contribution >= 4 is 23.5 Å². The highest BCUT2D eigenvalue weighted by atomic mass is 16.2. The Balaban J connectivity index is 1.67. The van der Waals surface area contributed by atoms with Gasteiger partial charge in [-0.3, -0.25) is 19.8 Å². The molecule has 7 nitrogen and oxygen atoms in total. The summed E-state index contributed by atoms with van der Waals surface area (Å²) in [7, 11) is 0. The van der Waals surface area contributed by atoms with Crippen molar-refractivity contribution in [2.24, 2.45) is 0 Å². The zero-order valence-corrected chi connectivity index (χ0v) is 15.2. The van der Waals surface area contributed by atoms with Crippen molar-refractivity contribution in [1.29, 1.82) is 0 Å². The predicted molar refractivity (Wildman–Crippen MR) is 100 cm³/mol. The van der Waals surface area contributed by atoms with Crippen molar-refractivity contribution in [3.63, 3.8) is 0 Å². The van der Waals surface area contributed by atoms with E-state index in [2.05, 4.69) is 22.9 Å². The monoisotopic (exact) mass is 366 g/mol. The number of nitrogens with zero attached hydrogens (tertiary/aromatic N) is 3. The van der Waals surface area contributed by atoms with Gasteiger partial charge in [-0.2, -0.15) is 0 Å². The fourth-order valence-electron chi connectivity index (χ4n) is 3.98. The fourth-order valence-corrected chi connectivity index (χ4v) is 3.98. The maximum absolute atomic E-state index is 13.4. The number of imide groups is 1. The lowest BCUT2D eigenvalue weighted by Crippen LogP contribution is -2.50. The molecule has 3 heterocycles. The molecule has 2 aliphatic heterocycles. The third kappa shape index (κ3) is 2.99. The van der Waals surface area contributed by atoms with Gasteiger partial charge in [0.1, 0.15) is 0 Å². The molecule has 2 aromatic rings. The van der Waals surface area contributed by atoms with E-state index in [0.29, 0.717) is 17.8 Å². The second-order valence-electron chi connectivity index (χ2n) is 6.82. The molecule has 1 aromatic heterocycles. The molecule has 7 heteroatoms. The molecule has 4 amide bonds. The van der Waals surface area contributed by atoms with Crippen LogP contribution in [0.15, 0.2) is 42.6 Å². The zero-order chi connectivity index (χ0) is 19.0. The van der Waals surface area contributed by atoms with E-state index in [-0.39, 0.29) is 30.8 Å². The van der Waals surface area contributed by atoms with E-state index in [1.165, 1.54) is 4.90 Å². The molecule has 140 valence electrons. The Morgan fingerprint density at radius 2 is 1.93 bits per heavy atom. The standard InChI is InChI=1S/C20H22N4O3/c1-2-15-17-8-5-10-22(17)12-13-23(15)19(26)14-6-3-4-7-16(14)24-11-9-18(25)21-20(24)27/h3-8,10,15H,2,9,11-13H2,1H3,(H,21,25,27). The van der Waals surface area contributed by atoms with E-state index in [9.17, 15) is 14.4 Å². The molecule has 1 aromatic carbocycles. The van der Waals surface area contributed by atoms with Crippen molar-refractivity contribution in [1.82, 2.24) is 14.8 Å². The van der Waals surface area contributed by atoms with E-state index < -0.39 is 6.03 Å². The SMILES string of the molecule is CCC1c2cccn2CCN1C(=O)c1ccccc1N1CCC(=O)NC1=O. The van der Waals surface area contributed by atoms with Crippen LogP contribution in [-0.4, -0.2) is 40.4 Å². The Morgan fingerprint density at radius 3 is 2.70 bits per heavy atom. The number of aromatic nitrogens is 1. The third-order valence-electron chi connectivity index (χ3n) is 5.29. The maximum atomic E-state index is 13.4. The van der Waals surface area contributed by atoms with E-state index >= 15 is 0 Å². The second-order valence-corrected chi connectivity index (χ2v) is 6.82. The number of nitrogens with one attached hydrogen (secondary N) is 1. The summed E-state index contributed by atoms with van der Waals surface area (Å²) in [6.07, 6.45) is 3.09. The molecular formula is C20H22N4O3. The minimum atomic E-state index is -0.480. The molecule has 1 saturated heterocycles. The van der Waals surface area contributed by atoms with Crippen molar-refractivity contribution < 1.29 is 14.4 Å². The summed E-state index contributed by atoms with van der Waals surface area (Å²) < 4.78 is 2.19. The topological polar surface area (TPSA) is 74.7 Å². The van der Waals surface area contributed by atoms with Gasteiger partial charge in [-0.15, -0.1) is 0 Å². The van der Waals surface area contributed by atoms with Crippen molar-refractivity contribution in [2.45, 2.75) is 32.4 Å². The average molecular weight is 366 g/mol. The minimum Gasteiger partial charge on any atom is -0.348 e. The van der Waals surface area contributed by atoms with Crippen molar-refractivity contribution in [2.75, 3.05) is 18.0 Å². The van der Waals surface area contributed by atoms with Gasteiger partial charge in [0.25, 0.3) is 5.91 Å². The van der Waals surface area contributed by atoms with Crippen LogP contribution in [0.5, 0.6) is 0 Å². The summed E-state index contributed by atoms with van der Waals surface area (Å²) >= 11 is 0. The van der Waals surface area contributed by atoms with Crippen LogP contribution in [0.1, 0.15) is 41.9 Å². The summed E-state index contributed by atoms with van der Waals surface area (Å²) in [5, 5.41) is 2.32. The first-order chi connectivity index (χ1) is 13.1. The Kier molecular flexibility index (Phi) is 4.43. The smallest absolute Gasteiger partial charge is 0.328 e. The van der Waals surface area contributed by atoms with Gasteiger partial charge in [-0.05, 0) is 30.7 Å². The Morgan fingerprint density at radius 1 is 1.11 bits per heavy atom. The van der Waals surface area contributed by atoms with Gasteiger partial charge < -0.3 is 9.47 Å². The quantitative estimate of drug-likeness (QED) is 0.907. The molecule has 1 atom stereocenters. The van der Waals surface area contributed by atoms with Gasteiger partial charge in [0.15, 0.2) is 0 Å². The number of amides is 4. The molecule has 2 aliphatic rings. The molecule has 0 aliphatic carbocycles. The summed E-state index contributed by atoms with van der Waals surface area (Å²) in [5.41, 5.74) is 2.17. The largest absolute Gasteiger partial charge is 0.348 e. The first-order valence-electron chi connectivity index (χ1n) is 9.26. The maximum Gasteiger partial charge on any atom is 0.328 e. The van der Waals surface area contributed by atoms with Crippen LogP contribution in [0.25, 0.3) is 0 Å². The lowest BCUT2D eigenvalue weighted by Gasteiger charge is -2.37. The molecule has 0 saturated carbocycles. The van der Waals surface area contributed by atoms with Crippen LogP contribution < -0.4 is 10.2 Å². The average Bonchev–Trinajstić information content (AvgIpc) is 3.15. The Bertz CT molecular complexity index is 904. The Labute approximate surface area is 157 Å². The van der Waals surface area contributed by atoms with E-state index in [4.69, 9.17) is 0 Å². The summed E-state index contributed by atoms with van der Waals surface area (Å²) in [6, 6.07) is 10.7. The molecule has 1 N–H and O–H groups in total. The van der Waals surface area contributed by atoms with Crippen LogP contribution >= 0.6 is 0 Å². The lowest BCUT2D eigenvalue weighted by molar-refractivity contribution is -0.120. The second kappa shape index (κ2) is 6.90. The van der Waals surface area contributed by atoms with Crippen LogP contribution in [-0.2, 0) is 11.3 Å². The van der Waals surface area contributed by atoms with Gasteiger partial charge in [0.2, 0.25) is 5.91 Å². The molecule has 0 spiro atoms. The van der Waals surface area contributed by atoms with E-state index in [1.54, 1.807) is 24.3 Å². The van der Waals surface area contributed by atoms with Crippen LogP contribution in [0.4, 0.5) is 10.5 Å². The molecule has 0 radical (unpaired) electrons. The van der Waals surface area contributed by atoms with Crippen LogP contribution in [0, 0.1) is 0 Å². The van der Waals surface area contributed by atoms with E-state index in [1.807, 2.05) is 17.2 Å². The molecule has 27 heavy (non-hydrogen) atoms. The highest BCUT2D eigenvalue weighted by Gasteiger charge is 2.33. The first kappa shape index (κ1) is 17.3. The molecule has 1 fully saturated rings. The highest BCUT2D eigenvalue weighted by Crippen LogP contribution is 2.32. The predicted octanol–water partition coefficient (Wildman–Crippen LogP) is 2.54. The number of fused-ring (bicyclic) bond motifs is 1. The third-order valence-corrected chi connectivity index (χ3v) is 5.29. The van der Waals surface area contributed by atoms with Crippen LogP contribution in [0.3, 0.4) is 0 Å². The number of rotatable bonds is 3. The number of carbonyl (C=O) groups excluding carboxylic acids is 3. The van der Waals surface area contributed by atoms with Crippen molar-refractivity contribution in [3.05, 3.63) is 53.9 Å². The summed E-state index contributed by atoms with van der Waals surface area (Å²) in [4.78, 5) is 40.5. The molecule has 1 unspecified atom stereocenters. The number of para-hydroxylation sites is 1. The van der Waals surface area contributed by atoms with E-state index in [0.717, 1.165) is 18.7 Å². The molecule has 4 rings (SSSR count). The van der Waals surface area contributed by atoms with Gasteiger partial charge in [-0.1, -0.05) is 19.1 Å². The molecule has 0 bridgehead atoms. The van der Waals surface area contributed by atoms with Gasteiger partial charge >= 0.3 is 6.03 Å².